The van der Waals surface area contributed by atoms with Crippen molar-refractivity contribution < 1.29 is 19.1 Å². The highest BCUT2D eigenvalue weighted by Crippen LogP contribution is 2.38. The molecule has 6 nitrogen and oxygen atoms in total. The van der Waals surface area contributed by atoms with Crippen LogP contribution in [0.3, 0.4) is 0 Å². The fourth-order valence-electron chi connectivity index (χ4n) is 4.61. The van der Waals surface area contributed by atoms with E-state index in [0.29, 0.717) is 30.2 Å². The lowest BCUT2D eigenvalue weighted by Gasteiger charge is -2.30. The zero-order valence-electron chi connectivity index (χ0n) is 19.4. The minimum Gasteiger partial charge on any atom is -0.367 e. The van der Waals surface area contributed by atoms with Crippen molar-refractivity contribution in [3.63, 3.8) is 0 Å². The van der Waals surface area contributed by atoms with Crippen LogP contribution in [-0.2, 0) is 14.3 Å². The lowest BCUT2D eigenvalue weighted by atomic mass is 9.90. The molecule has 1 unspecified atom stereocenters. The Bertz CT molecular complexity index is 817. The molecule has 2 aliphatic rings. The Morgan fingerprint density at radius 1 is 1.13 bits per heavy atom. The van der Waals surface area contributed by atoms with E-state index in [4.69, 9.17) is 4.74 Å². The zero-order chi connectivity index (χ0) is 22.8. The third-order valence-corrected chi connectivity index (χ3v) is 6.87. The second-order valence-corrected chi connectivity index (χ2v) is 9.89. The summed E-state index contributed by atoms with van der Waals surface area (Å²) in [6.45, 7) is 10.6. The molecule has 170 valence electrons. The summed E-state index contributed by atoms with van der Waals surface area (Å²) in [7, 11) is 0. The number of fused-ring (bicyclic) bond motifs is 1. The summed E-state index contributed by atoms with van der Waals surface area (Å²) < 4.78 is 5.60. The molecule has 1 aromatic carbocycles. The van der Waals surface area contributed by atoms with Crippen LogP contribution in [0.4, 0.5) is 0 Å². The van der Waals surface area contributed by atoms with Gasteiger partial charge in [-0.15, -0.1) is 0 Å². The number of benzene rings is 1. The van der Waals surface area contributed by atoms with Crippen molar-refractivity contribution in [1.29, 1.82) is 0 Å². The number of carbonyl (C=O) groups excluding carboxylic acids is 3. The zero-order valence-corrected chi connectivity index (χ0v) is 19.4. The highest BCUT2D eigenvalue weighted by molar-refractivity contribution is 6.00. The van der Waals surface area contributed by atoms with E-state index in [1.165, 1.54) is 5.56 Å². The summed E-state index contributed by atoms with van der Waals surface area (Å²) in [5, 5.41) is 5.87. The quantitative estimate of drug-likeness (QED) is 0.663. The monoisotopic (exact) mass is 428 g/mol. The van der Waals surface area contributed by atoms with Gasteiger partial charge in [0.15, 0.2) is 5.78 Å². The molecule has 31 heavy (non-hydrogen) atoms. The van der Waals surface area contributed by atoms with E-state index >= 15 is 0 Å². The van der Waals surface area contributed by atoms with Crippen LogP contribution >= 0.6 is 0 Å². The molecule has 2 fully saturated rings. The smallest absolute Gasteiger partial charge is 0.251 e. The molecule has 1 heterocycles. The Balaban J connectivity index is 1.71. The van der Waals surface area contributed by atoms with Gasteiger partial charge in [0.1, 0.15) is 18.2 Å². The topological polar surface area (TPSA) is 84.5 Å². The van der Waals surface area contributed by atoms with Gasteiger partial charge in [-0.05, 0) is 61.1 Å². The average Bonchev–Trinajstić information content (AvgIpc) is 3.26. The van der Waals surface area contributed by atoms with Crippen LogP contribution in [0.2, 0.25) is 0 Å². The molecule has 4 atom stereocenters. The van der Waals surface area contributed by atoms with E-state index in [9.17, 15) is 14.4 Å². The molecular weight excluding hydrogens is 392 g/mol. The average molecular weight is 429 g/mol. The number of carbonyl (C=O) groups is 3. The first-order valence-corrected chi connectivity index (χ1v) is 11.5. The lowest BCUT2D eigenvalue weighted by Crippen LogP contribution is -2.60. The van der Waals surface area contributed by atoms with Crippen LogP contribution in [0.15, 0.2) is 24.3 Å². The molecule has 0 spiro atoms. The summed E-state index contributed by atoms with van der Waals surface area (Å²) in [6, 6.07) is 6.88. The van der Waals surface area contributed by atoms with Crippen molar-refractivity contribution in [1.82, 2.24) is 10.6 Å². The van der Waals surface area contributed by atoms with Crippen molar-refractivity contribution in [2.24, 2.45) is 11.8 Å². The Labute approximate surface area is 185 Å². The predicted molar refractivity (Wildman–Crippen MR) is 120 cm³/mol. The predicted octanol–water partition coefficient (Wildman–Crippen LogP) is 3.60. The van der Waals surface area contributed by atoms with Crippen LogP contribution < -0.4 is 10.6 Å². The fourth-order valence-corrected chi connectivity index (χ4v) is 4.61. The molecule has 1 aliphatic heterocycles. The van der Waals surface area contributed by atoms with Gasteiger partial charge in [0.2, 0.25) is 5.91 Å². The number of ketones is 1. The van der Waals surface area contributed by atoms with E-state index in [-0.39, 0.29) is 36.2 Å². The molecule has 2 amide bonds. The van der Waals surface area contributed by atoms with E-state index in [0.717, 1.165) is 12.8 Å². The van der Waals surface area contributed by atoms with Gasteiger partial charge in [0.05, 0.1) is 6.10 Å². The van der Waals surface area contributed by atoms with Crippen molar-refractivity contribution in [3.05, 3.63) is 35.4 Å². The first kappa shape index (κ1) is 23.5. The van der Waals surface area contributed by atoms with Gasteiger partial charge < -0.3 is 15.4 Å². The van der Waals surface area contributed by atoms with Crippen molar-refractivity contribution in [3.8, 4) is 0 Å². The number of ether oxygens (including phenoxy) is 1. The number of rotatable bonds is 8. The van der Waals surface area contributed by atoms with Crippen LogP contribution in [0.1, 0.15) is 82.1 Å². The second kappa shape index (κ2) is 9.51. The van der Waals surface area contributed by atoms with Crippen molar-refractivity contribution in [2.45, 2.75) is 83.9 Å². The molecule has 0 bridgehead atoms. The Morgan fingerprint density at radius 2 is 1.81 bits per heavy atom. The van der Waals surface area contributed by atoms with Gasteiger partial charge in [0.25, 0.3) is 5.91 Å². The standard InChI is InChI=1S/C25H36N2O4/c1-15(2)13-20(24(30)27-25-12-6-7-22(25)31-14-21(25)28)26-23(29)19-10-8-18(9-11-19)17(5)16(3)4/h8-11,15-17,20,22H,6-7,12-14H2,1-5H3,(H,26,29)(H,27,30)/t17?,20-,22+,25-/m0/s1. The molecule has 1 saturated heterocycles. The minimum atomic E-state index is -0.925. The molecule has 1 aromatic rings. The van der Waals surface area contributed by atoms with Crippen molar-refractivity contribution in [2.75, 3.05) is 6.61 Å². The Hall–Kier alpha value is -2.21. The maximum absolute atomic E-state index is 13.2. The fraction of sp³-hybridized carbons (Fsp3) is 0.640. The minimum absolute atomic E-state index is 0.0489. The molecule has 1 saturated carbocycles. The first-order chi connectivity index (χ1) is 14.6. The number of amides is 2. The van der Waals surface area contributed by atoms with Gasteiger partial charge in [-0.1, -0.05) is 46.8 Å². The number of Topliss-reactive ketones (excluding diaryl/α,β-unsaturated/α-hetero) is 1. The molecule has 3 rings (SSSR count). The second-order valence-electron chi connectivity index (χ2n) is 9.89. The molecule has 0 aromatic heterocycles. The van der Waals surface area contributed by atoms with Gasteiger partial charge in [0, 0.05) is 5.56 Å². The van der Waals surface area contributed by atoms with E-state index in [1.54, 1.807) is 0 Å². The molecule has 0 radical (unpaired) electrons. The normalized spacial score (nSPS) is 24.9. The SMILES string of the molecule is CC(C)C[C@H](NC(=O)c1ccc(C(C)C(C)C)cc1)C(=O)N[C@]12CCC[C@H]1OCC2=O. The molecule has 2 N–H and O–H groups in total. The molecule has 1 aliphatic carbocycles. The van der Waals surface area contributed by atoms with Crippen molar-refractivity contribution >= 4 is 17.6 Å². The molecular formula is C25H36N2O4. The van der Waals surface area contributed by atoms with Gasteiger partial charge in [-0.3, -0.25) is 14.4 Å². The summed E-state index contributed by atoms with van der Waals surface area (Å²) in [5.74, 6) is 0.476. The summed E-state index contributed by atoms with van der Waals surface area (Å²) >= 11 is 0. The van der Waals surface area contributed by atoms with Crippen LogP contribution in [0.5, 0.6) is 0 Å². The van der Waals surface area contributed by atoms with Crippen LogP contribution in [0.25, 0.3) is 0 Å². The summed E-state index contributed by atoms with van der Waals surface area (Å²) in [6.07, 6.45) is 2.46. The highest BCUT2D eigenvalue weighted by Gasteiger charge is 2.55. The van der Waals surface area contributed by atoms with E-state index in [2.05, 4.69) is 31.4 Å². The summed E-state index contributed by atoms with van der Waals surface area (Å²) in [5.41, 5.74) is 0.790. The number of nitrogens with one attached hydrogen (secondary N) is 2. The maximum Gasteiger partial charge on any atom is 0.251 e. The van der Waals surface area contributed by atoms with E-state index in [1.807, 2.05) is 38.1 Å². The van der Waals surface area contributed by atoms with E-state index < -0.39 is 11.6 Å². The largest absolute Gasteiger partial charge is 0.367 e. The molecule has 6 heteroatoms. The lowest BCUT2D eigenvalue weighted by molar-refractivity contribution is -0.131. The summed E-state index contributed by atoms with van der Waals surface area (Å²) in [4.78, 5) is 38.6. The van der Waals surface area contributed by atoms with Gasteiger partial charge in [-0.2, -0.15) is 0 Å². The van der Waals surface area contributed by atoms with Crippen LogP contribution in [-0.4, -0.2) is 41.9 Å². The Morgan fingerprint density at radius 3 is 2.42 bits per heavy atom. The number of hydrogen-bond donors (Lipinski definition) is 2. The first-order valence-electron chi connectivity index (χ1n) is 11.5. The third kappa shape index (κ3) is 5.00. The highest BCUT2D eigenvalue weighted by atomic mass is 16.5. The maximum atomic E-state index is 13.2. The third-order valence-electron chi connectivity index (χ3n) is 6.87. The number of hydrogen-bond acceptors (Lipinski definition) is 4. The van der Waals surface area contributed by atoms with Crippen LogP contribution in [0, 0.1) is 11.8 Å². The van der Waals surface area contributed by atoms with Gasteiger partial charge >= 0.3 is 0 Å². The van der Waals surface area contributed by atoms with Gasteiger partial charge in [-0.25, -0.2) is 0 Å². The Kier molecular flexibility index (Phi) is 7.20.